The highest BCUT2D eigenvalue weighted by atomic mass is 35.5. The van der Waals surface area contributed by atoms with E-state index in [0.29, 0.717) is 21.5 Å². The number of amides is 1. The summed E-state index contributed by atoms with van der Waals surface area (Å²) in [5.41, 5.74) is 2.43. The molecular formula is C23H23Cl2N5O2. The molecule has 0 spiro atoms. The first-order valence-electron chi connectivity index (χ1n) is 10.3. The molecule has 1 amide bonds. The summed E-state index contributed by atoms with van der Waals surface area (Å²) in [7, 11) is 0. The molecule has 32 heavy (non-hydrogen) atoms. The van der Waals surface area contributed by atoms with Gasteiger partial charge in [0.05, 0.1) is 5.02 Å². The summed E-state index contributed by atoms with van der Waals surface area (Å²) in [4.78, 5) is 23.6. The fourth-order valence-corrected chi connectivity index (χ4v) is 3.86. The minimum Gasteiger partial charge on any atom is -0.482 e. The normalized spacial score (nSPS) is 13.2. The van der Waals surface area contributed by atoms with E-state index >= 15 is 0 Å². The van der Waals surface area contributed by atoms with Crippen molar-refractivity contribution in [3.05, 3.63) is 64.3 Å². The first kappa shape index (κ1) is 22.2. The number of aryl methyl sites for hydroxylation is 1. The summed E-state index contributed by atoms with van der Waals surface area (Å²) in [6, 6.07) is 14.1. The molecule has 2 heterocycles. The van der Waals surface area contributed by atoms with Crippen molar-refractivity contribution in [2.24, 2.45) is 0 Å². The lowest BCUT2D eigenvalue weighted by Gasteiger charge is -2.17. The van der Waals surface area contributed by atoms with Crippen LogP contribution in [0.15, 0.2) is 48.5 Å². The van der Waals surface area contributed by atoms with Crippen LogP contribution in [0.4, 0.5) is 23.1 Å². The zero-order valence-corrected chi connectivity index (χ0v) is 19.1. The number of hydrogen-bond donors (Lipinski definition) is 2. The standard InChI is InChI=1S/C23H23Cl2N5O2/c1-15-12-21(29-23(26-15)30-10-2-3-11-30)27-17-5-7-18(8-6-17)28-22(31)14-32-20-9-4-16(24)13-19(20)25/h4-9,12-13H,2-3,10-11,14H2,1H3,(H,28,31)(H,26,27,29). The van der Waals surface area contributed by atoms with Crippen LogP contribution < -0.4 is 20.3 Å². The molecule has 0 saturated carbocycles. The van der Waals surface area contributed by atoms with Crippen molar-refractivity contribution in [1.82, 2.24) is 9.97 Å². The van der Waals surface area contributed by atoms with Gasteiger partial charge in [-0.3, -0.25) is 4.79 Å². The number of aromatic nitrogens is 2. The van der Waals surface area contributed by atoms with Gasteiger partial charge in [0.1, 0.15) is 11.6 Å². The SMILES string of the molecule is Cc1cc(Nc2ccc(NC(=O)COc3ccc(Cl)cc3Cl)cc2)nc(N2CCCC2)n1. The lowest BCUT2D eigenvalue weighted by molar-refractivity contribution is -0.118. The van der Waals surface area contributed by atoms with Gasteiger partial charge in [0.2, 0.25) is 5.95 Å². The predicted octanol–water partition coefficient (Wildman–Crippen LogP) is 5.45. The molecule has 1 aromatic heterocycles. The molecule has 0 atom stereocenters. The maximum Gasteiger partial charge on any atom is 0.262 e. The third-order valence-electron chi connectivity index (χ3n) is 4.93. The third kappa shape index (κ3) is 5.81. The van der Waals surface area contributed by atoms with E-state index in [9.17, 15) is 4.79 Å². The number of benzene rings is 2. The van der Waals surface area contributed by atoms with Gasteiger partial charge in [0, 0.05) is 41.2 Å². The highest BCUT2D eigenvalue weighted by Gasteiger charge is 2.16. The molecule has 2 aromatic carbocycles. The van der Waals surface area contributed by atoms with Gasteiger partial charge >= 0.3 is 0 Å². The number of nitrogens with zero attached hydrogens (tertiary/aromatic N) is 3. The van der Waals surface area contributed by atoms with Crippen molar-refractivity contribution in [2.45, 2.75) is 19.8 Å². The summed E-state index contributed by atoms with van der Waals surface area (Å²) < 4.78 is 5.46. The van der Waals surface area contributed by atoms with Crippen LogP contribution in [0.1, 0.15) is 18.5 Å². The number of ether oxygens (including phenoxy) is 1. The largest absolute Gasteiger partial charge is 0.482 e. The van der Waals surface area contributed by atoms with Crippen molar-refractivity contribution < 1.29 is 9.53 Å². The number of rotatable bonds is 7. The van der Waals surface area contributed by atoms with Gasteiger partial charge in [-0.1, -0.05) is 23.2 Å². The summed E-state index contributed by atoms with van der Waals surface area (Å²) >= 11 is 11.9. The molecule has 0 aliphatic carbocycles. The molecule has 9 heteroatoms. The average molecular weight is 472 g/mol. The Labute approximate surface area is 196 Å². The highest BCUT2D eigenvalue weighted by molar-refractivity contribution is 6.35. The summed E-state index contributed by atoms with van der Waals surface area (Å²) in [6.45, 7) is 3.78. The molecule has 3 aromatic rings. The van der Waals surface area contributed by atoms with E-state index < -0.39 is 0 Å². The average Bonchev–Trinajstić information content (AvgIpc) is 3.29. The molecule has 1 saturated heterocycles. The topological polar surface area (TPSA) is 79.4 Å². The maximum atomic E-state index is 12.2. The quantitative estimate of drug-likeness (QED) is 0.476. The number of hydrogen-bond acceptors (Lipinski definition) is 6. The molecule has 0 bridgehead atoms. The van der Waals surface area contributed by atoms with E-state index in [1.165, 1.54) is 12.8 Å². The van der Waals surface area contributed by atoms with E-state index in [-0.39, 0.29) is 12.5 Å². The Bertz CT molecular complexity index is 1100. The Kier molecular flexibility index (Phi) is 6.97. The van der Waals surface area contributed by atoms with Crippen LogP contribution in [0.3, 0.4) is 0 Å². The molecule has 1 aliphatic heterocycles. The molecule has 1 aliphatic rings. The van der Waals surface area contributed by atoms with Crippen LogP contribution in [-0.4, -0.2) is 35.6 Å². The van der Waals surface area contributed by atoms with Gasteiger partial charge in [-0.05, 0) is 62.2 Å². The second-order valence-electron chi connectivity index (χ2n) is 7.50. The molecule has 166 valence electrons. The van der Waals surface area contributed by atoms with Crippen LogP contribution in [0.25, 0.3) is 0 Å². The number of anilines is 4. The second-order valence-corrected chi connectivity index (χ2v) is 8.35. The third-order valence-corrected chi connectivity index (χ3v) is 5.46. The van der Waals surface area contributed by atoms with Crippen LogP contribution in [-0.2, 0) is 4.79 Å². The molecule has 4 rings (SSSR count). The van der Waals surface area contributed by atoms with E-state index in [1.54, 1.807) is 18.2 Å². The fourth-order valence-electron chi connectivity index (χ4n) is 3.39. The summed E-state index contributed by atoms with van der Waals surface area (Å²) in [5.74, 6) is 1.61. The first-order valence-corrected chi connectivity index (χ1v) is 11.1. The summed E-state index contributed by atoms with van der Waals surface area (Å²) in [5, 5.41) is 6.96. The smallest absolute Gasteiger partial charge is 0.262 e. The Morgan fingerprint density at radius 1 is 1.03 bits per heavy atom. The van der Waals surface area contributed by atoms with Crippen molar-refractivity contribution in [3.63, 3.8) is 0 Å². The zero-order chi connectivity index (χ0) is 22.5. The Morgan fingerprint density at radius 2 is 1.75 bits per heavy atom. The van der Waals surface area contributed by atoms with Crippen LogP contribution in [0, 0.1) is 6.92 Å². The zero-order valence-electron chi connectivity index (χ0n) is 17.6. The van der Waals surface area contributed by atoms with E-state index in [1.807, 2.05) is 37.3 Å². The van der Waals surface area contributed by atoms with Gasteiger partial charge in [0.25, 0.3) is 5.91 Å². The van der Waals surface area contributed by atoms with Crippen LogP contribution >= 0.6 is 23.2 Å². The number of carbonyl (C=O) groups is 1. The Balaban J connectivity index is 1.33. The van der Waals surface area contributed by atoms with E-state index in [4.69, 9.17) is 27.9 Å². The highest BCUT2D eigenvalue weighted by Crippen LogP contribution is 2.27. The second kappa shape index (κ2) is 10.1. The van der Waals surface area contributed by atoms with Gasteiger partial charge in [0.15, 0.2) is 6.61 Å². The van der Waals surface area contributed by atoms with Crippen LogP contribution in [0.2, 0.25) is 10.0 Å². The Morgan fingerprint density at radius 3 is 2.47 bits per heavy atom. The van der Waals surface area contributed by atoms with Gasteiger partial charge < -0.3 is 20.3 Å². The van der Waals surface area contributed by atoms with Crippen LogP contribution in [0.5, 0.6) is 5.75 Å². The fraction of sp³-hybridized carbons (Fsp3) is 0.261. The minimum atomic E-state index is -0.293. The molecule has 2 N–H and O–H groups in total. The van der Waals surface area contributed by atoms with E-state index in [2.05, 4.69) is 25.5 Å². The van der Waals surface area contributed by atoms with Gasteiger partial charge in [-0.25, -0.2) is 4.98 Å². The number of carbonyl (C=O) groups excluding carboxylic acids is 1. The number of nitrogens with one attached hydrogen (secondary N) is 2. The first-order chi connectivity index (χ1) is 15.5. The molecule has 7 nitrogen and oxygen atoms in total. The monoisotopic (exact) mass is 471 g/mol. The van der Waals surface area contributed by atoms with E-state index in [0.717, 1.165) is 36.2 Å². The predicted molar refractivity (Wildman–Crippen MR) is 129 cm³/mol. The minimum absolute atomic E-state index is 0.166. The van der Waals surface area contributed by atoms with Crippen molar-refractivity contribution in [3.8, 4) is 5.75 Å². The van der Waals surface area contributed by atoms with Gasteiger partial charge in [-0.2, -0.15) is 4.98 Å². The molecule has 0 radical (unpaired) electrons. The lowest BCUT2D eigenvalue weighted by atomic mass is 10.2. The molecule has 0 unspecified atom stereocenters. The Hall–Kier alpha value is -3.03. The summed E-state index contributed by atoms with van der Waals surface area (Å²) in [6.07, 6.45) is 2.34. The molecule has 1 fully saturated rings. The number of halogens is 2. The van der Waals surface area contributed by atoms with Gasteiger partial charge in [-0.15, -0.1) is 0 Å². The van der Waals surface area contributed by atoms with Crippen molar-refractivity contribution in [2.75, 3.05) is 35.2 Å². The van der Waals surface area contributed by atoms with Crippen molar-refractivity contribution >= 4 is 52.3 Å². The maximum absolute atomic E-state index is 12.2. The molecular weight excluding hydrogens is 449 g/mol. The lowest BCUT2D eigenvalue weighted by Crippen LogP contribution is -2.21. The van der Waals surface area contributed by atoms with Crippen molar-refractivity contribution in [1.29, 1.82) is 0 Å².